The zero-order valence-electron chi connectivity index (χ0n) is 15.7. The van der Waals surface area contributed by atoms with Gasteiger partial charge in [-0.05, 0) is 63.7 Å². The average molecular weight is 420 g/mol. The molecule has 0 radical (unpaired) electrons. The first-order valence-corrected chi connectivity index (χ1v) is 9.59. The molecule has 2 aromatic rings. The van der Waals surface area contributed by atoms with Crippen LogP contribution in [0.1, 0.15) is 50.3 Å². The highest BCUT2D eigenvalue weighted by Gasteiger charge is 2.14. The quantitative estimate of drug-likeness (QED) is 0.637. The minimum atomic E-state index is -0.146. The summed E-state index contributed by atoms with van der Waals surface area (Å²) in [5, 5.41) is 3.02. The molecule has 0 spiro atoms. The third-order valence-corrected chi connectivity index (χ3v) is 4.86. The molecule has 0 saturated carbocycles. The predicted octanol–water partition coefficient (Wildman–Crippen LogP) is 5.23. The van der Waals surface area contributed by atoms with E-state index in [0.717, 1.165) is 22.2 Å². The fourth-order valence-corrected chi connectivity index (χ4v) is 3.14. The van der Waals surface area contributed by atoms with Crippen LogP contribution in [0, 0.1) is 0 Å². The maximum atomic E-state index is 12.3. The molecular formula is C21H26BrNO3. The first-order valence-electron chi connectivity index (χ1n) is 8.80. The molecule has 0 aliphatic carbocycles. The highest BCUT2D eigenvalue weighted by Crippen LogP contribution is 2.29. The van der Waals surface area contributed by atoms with Gasteiger partial charge < -0.3 is 14.8 Å². The number of rotatable bonds is 8. The van der Waals surface area contributed by atoms with Crippen molar-refractivity contribution >= 4 is 21.8 Å². The number of carbonyl (C=O) groups excluding carboxylic acids is 1. The van der Waals surface area contributed by atoms with E-state index in [0.29, 0.717) is 11.7 Å². The molecule has 1 atom stereocenters. The number of hydrogen-bond donors (Lipinski definition) is 1. The summed E-state index contributed by atoms with van der Waals surface area (Å²) in [5.41, 5.74) is 2.27. The Kier molecular flexibility index (Phi) is 7.51. The van der Waals surface area contributed by atoms with E-state index in [-0.39, 0.29) is 18.6 Å². The SMILES string of the molecule is CC[C@@H](NC(=O)COc1ccc(C(C)C)cc1Br)c1ccc(OC)cc1. The maximum Gasteiger partial charge on any atom is 0.258 e. The molecular weight excluding hydrogens is 394 g/mol. The molecule has 4 nitrogen and oxygen atoms in total. The average Bonchev–Trinajstić information content (AvgIpc) is 2.65. The second kappa shape index (κ2) is 9.62. The van der Waals surface area contributed by atoms with Crippen molar-refractivity contribution in [1.82, 2.24) is 5.32 Å². The van der Waals surface area contributed by atoms with E-state index in [1.807, 2.05) is 49.4 Å². The van der Waals surface area contributed by atoms with E-state index in [4.69, 9.17) is 9.47 Å². The number of ether oxygens (including phenoxy) is 2. The normalized spacial score (nSPS) is 11.9. The molecule has 26 heavy (non-hydrogen) atoms. The van der Waals surface area contributed by atoms with E-state index >= 15 is 0 Å². The Bertz CT molecular complexity index is 729. The summed E-state index contributed by atoms with van der Waals surface area (Å²) in [6.07, 6.45) is 0.796. The topological polar surface area (TPSA) is 47.6 Å². The van der Waals surface area contributed by atoms with E-state index in [9.17, 15) is 4.79 Å². The molecule has 0 saturated heterocycles. The molecule has 0 aromatic heterocycles. The van der Waals surface area contributed by atoms with E-state index in [2.05, 4.69) is 35.1 Å². The van der Waals surface area contributed by atoms with Crippen LogP contribution in [-0.2, 0) is 4.79 Å². The summed E-state index contributed by atoms with van der Waals surface area (Å²) in [7, 11) is 1.64. The van der Waals surface area contributed by atoms with Crippen LogP contribution in [0.15, 0.2) is 46.9 Å². The molecule has 0 bridgehead atoms. The largest absolute Gasteiger partial charge is 0.497 e. The van der Waals surface area contributed by atoms with Crippen molar-refractivity contribution in [2.75, 3.05) is 13.7 Å². The van der Waals surface area contributed by atoms with Crippen LogP contribution in [-0.4, -0.2) is 19.6 Å². The fraction of sp³-hybridized carbons (Fsp3) is 0.381. The van der Waals surface area contributed by atoms with Crippen LogP contribution < -0.4 is 14.8 Å². The summed E-state index contributed by atoms with van der Waals surface area (Å²) in [5.74, 6) is 1.76. The third kappa shape index (κ3) is 5.49. The number of nitrogens with one attached hydrogen (secondary N) is 1. The lowest BCUT2D eigenvalue weighted by Crippen LogP contribution is -2.32. The second-order valence-electron chi connectivity index (χ2n) is 6.43. The Morgan fingerprint density at radius 2 is 1.77 bits per heavy atom. The van der Waals surface area contributed by atoms with Crippen LogP contribution in [0.25, 0.3) is 0 Å². The van der Waals surface area contributed by atoms with E-state index in [1.54, 1.807) is 7.11 Å². The highest BCUT2D eigenvalue weighted by molar-refractivity contribution is 9.10. The van der Waals surface area contributed by atoms with Crippen LogP contribution in [0.5, 0.6) is 11.5 Å². The Hall–Kier alpha value is -2.01. The second-order valence-corrected chi connectivity index (χ2v) is 7.29. The number of halogens is 1. The van der Waals surface area contributed by atoms with Crippen molar-refractivity contribution in [3.05, 3.63) is 58.1 Å². The lowest BCUT2D eigenvalue weighted by molar-refractivity contribution is -0.123. The lowest BCUT2D eigenvalue weighted by Gasteiger charge is -2.18. The Morgan fingerprint density at radius 1 is 1.12 bits per heavy atom. The van der Waals surface area contributed by atoms with Gasteiger partial charge in [0.25, 0.3) is 5.91 Å². The number of benzene rings is 2. The van der Waals surface area contributed by atoms with Gasteiger partial charge in [-0.3, -0.25) is 4.79 Å². The molecule has 140 valence electrons. The zero-order valence-corrected chi connectivity index (χ0v) is 17.3. The number of methoxy groups -OCH3 is 1. The smallest absolute Gasteiger partial charge is 0.258 e. The van der Waals surface area contributed by atoms with Gasteiger partial charge in [0, 0.05) is 0 Å². The molecule has 0 heterocycles. The van der Waals surface area contributed by atoms with Crippen molar-refractivity contribution in [3.63, 3.8) is 0 Å². The van der Waals surface area contributed by atoms with Gasteiger partial charge in [0.1, 0.15) is 11.5 Å². The Balaban J connectivity index is 1.94. The van der Waals surface area contributed by atoms with E-state index in [1.165, 1.54) is 5.56 Å². The summed E-state index contributed by atoms with van der Waals surface area (Å²) < 4.78 is 11.7. The van der Waals surface area contributed by atoms with Crippen LogP contribution >= 0.6 is 15.9 Å². The molecule has 5 heteroatoms. The molecule has 1 amide bonds. The first kappa shape index (κ1) is 20.3. The Morgan fingerprint density at radius 3 is 2.31 bits per heavy atom. The predicted molar refractivity (Wildman–Crippen MR) is 108 cm³/mol. The summed E-state index contributed by atoms with van der Waals surface area (Å²) in [4.78, 5) is 12.3. The molecule has 1 N–H and O–H groups in total. The van der Waals surface area contributed by atoms with Gasteiger partial charge in [-0.25, -0.2) is 0 Å². The highest BCUT2D eigenvalue weighted by atomic mass is 79.9. The van der Waals surface area contributed by atoms with Crippen LogP contribution in [0.4, 0.5) is 0 Å². The van der Waals surface area contributed by atoms with E-state index < -0.39 is 0 Å². The van der Waals surface area contributed by atoms with Gasteiger partial charge in [0.2, 0.25) is 0 Å². The monoisotopic (exact) mass is 419 g/mol. The number of carbonyl (C=O) groups is 1. The van der Waals surface area contributed by atoms with Crippen molar-refractivity contribution in [2.24, 2.45) is 0 Å². The van der Waals surface area contributed by atoms with Crippen molar-refractivity contribution in [1.29, 1.82) is 0 Å². The van der Waals surface area contributed by atoms with Crippen molar-refractivity contribution < 1.29 is 14.3 Å². The van der Waals surface area contributed by atoms with Crippen molar-refractivity contribution in [2.45, 2.75) is 39.2 Å². The van der Waals surface area contributed by atoms with Crippen molar-refractivity contribution in [3.8, 4) is 11.5 Å². The number of amides is 1. The summed E-state index contributed by atoms with van der Waals surface area (Å²) in [6.45, 7) is 6.29. The number of hydrogen-bond acceptors (Lipinski definition) is 3. The van der Waals surface area contributed by atoms with Gasteiger partial charge >= 0.3 is 0 Å². The summed E-state index contributed by atoms with van der Waals surface area (Å²) >= 11 is 3.51. The fourth-order valence-electron chi connectivity index (χ4n) is 2.63. The molecule has 0 fully saturated rings. The maximum absolute atomic E-state index is 12.3. The molecule has 0 aliphatic heterocycles. The minimum absolute atomic E-state index is 0.0215. The molecule has 2 rings (SSSR count). The van der Waals surface area contributed by atoms with Crippen LogP contribution in [0.3, 0.4) is 0 Å². The van der Waals surface area contributed by atoms with Gasteiger partial charge in [-0.15, -0.1) is 0 Å². The molecule has 0 aliphatic rings. The first-order chi connectivity index (χ1) is 12.4. The molecule has 0 unspecified atom stereocenters. The third-order valence-electron chi connectivity index (χ3n) is 4.24. The minimum Gasteiger partial charge on any atom is -0.497 e. The molecule has 2 aromatic carbocycles. The van der Waals surface area contributed by atoms with Gasteiger partial charge in [0.05, 0.1) is 17.6 Å². The lowest BCUT2D eigenvalue weighted by atomic mass is 10.0. The van der Waals surface area contributed by atoms with Crippen LogP contribution in [0.2, 0.25) is 0 Å². The standard InChI is InChI=1S/C21H26BrNO3/c1-5-19(15-6-9-17(25-4)10-7-15)23-21(24)13-26-20-11-8-16(14(2)3)12-18(20)22/h6-12,14,19H,5,13H2,1-4H3,(H,23,24)/t19-/m1/s1. The van der Waals surface area contributed by atoms with Gasteiger partial charge in [-0.2, -0.15) is 0 Å². The summed E-state index contributed by atoms with van der Waals surface area (Å²) in [6, 6.07) is 13.6. The zero-order chi connectivity index (χ0) is 19.1. The van der Waals surface area contributed by atoms with Gasteiger partial charge in [-0.1, -0.05) is 39.0 Å². The van der Waals surface area contributed by atoms with Gasteiger partial charge in [0.15, 0.2) is 6.61 Å². The Labute approximate surface area is 164 Å².